The molecule has 1 amide bonds. The van der Waals surface area contributed by atoms with Crippen molar-refractivity contribution < 1.29 is 27.4 Å². The first-order chi connectivity index (χ1) is 16.0. The second-order valence-electron chi connectivity index (χ2n) is 8.32. The van der Waals surface area contributed by atoms with Crippen LogP contribution in [0.15, 0.2) is 59.5 Å². The summed E-state index contributed by atoms with van der Waals surface area (Å²) in [6, 6.07) is 14.8. The molecule has 10 heteroatoms. The number of rotatable bonds is 7. The highest BCUT2D eigenvalue weighted by Gasteiger charge is 2.35. The third-order valence-electron chi connectivity index (χ3n) is 4.51. The van der Waals surface area contributed by atoms with Crippen LogP contribution in [0.25, 0.3) is 16.9 Å². The standard InChI is InChI=1S/C24H26F3N3O3S/c1-23(2,3)33-22(31)28-13-14-32-18-9-5-16(6-10-18)20-15-21(24(25,26)27)29-30(20)17-7-11-19(34-4)12-8-17/h5-12,15H,13-14H2,1-4H3,(H,28,31). The minimum atomic E-state index is -4.57. The zero-order valence-corrected chi connectivity index (χ0v) is 20.1. The number of alkyl carbamates (subject to hydrolysis) is 1. The number of thioether (sulfide) groups is 1. The van der Waals surface area contributed by atoms with Crippen molar-refractivity contribution in [2.24, 2.45) is 0 Å². The molecular weight excluding hydrogens is 467 g/mol. The fraction of sp³-hybridized carbons (Fsp3) is 0.333. The zero-order valence-electron chi connectivity index (χ0n) is 19.3. The second-order valence-corrected chi connectivity index (χ2v) is 9.20. The molecule has 3 rings (SSSR count). The van der Waals surface area contributed by atoms with Gasteiger partial charge in [0.1, 0.15) is 18.0 Å². The summed E-state index contributed by atoms with van der Waals surface area (Å²) in [5.74, 6) is 0.515. The summed E-state index contributed by atoms with van der Waals surface area (Å²) in [4.78, 5) is 12.6. The SMILES string of the molecule is CSc1ccc(-n2nc(C(F)(F)F)cc2-c2ccc(OCCNC(=O)OC(C)(C)C)cc2)cc1. The molecule has 0 fully saturated rings. The molecule has 1 aromatic heterocycles. The van der Waals surface area contributed by atoms with Gasteiger partial charge < -0.3 is 14.8 Å². The summed E-state index contributed by atoms with van der Waals surface area (Å²) in [5.41, 5.74) is -0.170. The van der Waals surface area contributed by atoms with E-state index in [1.807, 2.05) is 18.4 Å². The van der Waals surface area contributed by atoms with E-state index in [9.17, 15) is 18.0 Å². The average molecular weight is 494 g/mol. The van der Waals surface area contributed by atoms with Crippen molar-refractivity contribution in [1.29, 1.82) is 0 Å². The molecule has 0 unspecified atom stereocenters. The number of aromatic nitrogens is 2. The van der Waals surface area contributed by atoms with Crippen LogP contribution in [0.4, 0.5) is 18.0 Å². The predicted molar refractivity (Wildman–Crippen MR) is 126 cm³/mol. The van der Waals surface area contributed by atoms with E-state index in [0.717, 1.165) is 11.0 Å². The van der Waals surface area contributed by atoms with Crippen LogP contribution in [-0.4, -0.2) is 40.9 Å². The van der Waals surface area contributed by atoms with Gasteiger partial charge in [0.25, 0.3) is 0 Å². The Morgan fingerprint density at radius 3 is 2.26 bits per heavy atom. The monoisotopic (exact) mass is 493 g/mol. The summed E-state index contributed by atoms with van der Waals surface area (Å²) >= 11 is 1.54. The highest BCUT2D eigenvalue weighted by Crippen LogP contribution is 2.34. The van der Waals surface area contributed by atoms with Gasteiger partial charge in [0.2, 0.25) is 0 Å². The van der Waals surface area contributed by atoms with Crippen LogP contribution >= 0.6 is 11.8 Å². The van der Waals surface area contributed by atoms with Crippen LogP contribution < -0.4 is 10.1 Å². The number of hydrogen-bond donors (Lipinski definition) is 1. The predicted octanol–water partition coefficient (Wildman–Crippen LogP) is 6.18. The highest BCUT2D eigenvalue weighted by molar-refractivity contribution is 7.98. The number of amides is 1. The summed E-state index contributed by atoms with van der Waals surface area (Å²) in [6.07, 6.45) is -3.18. The van der Waals surface area contributed by atoms with Gasteiger partial charge >= 0.3 is 12.3 Å². The maximum atomic E-state index is 13.4. The Bertz CT molecular complexity index is 1110. The Balaban J connectivity index is 1.73. The fourth-order valence-electron chi connectivity index (χ4n) is 3.00. The van der Waals surface area contributed by atoms with Crippen LogP contribution in [0.5, 0.6) is 5.75 Å². The molecule has 0 bridgehead atoms. The van der Waals surface area contributed by atoms with Gasteiger partial charge in [0.05, 0.1) is 17.9 Å². The molecule has 1 heterocycles. The number of halogens is 3. The molecule has 0 aliphatic rings. The van der Waals surface area contributed by atoms with E-state index in [4.69, 9.17) is 9.47 Å². The van der Waals surface area contributed by atoms with E-state index in [2.05, 4.69) is 10.4 Å². The molecule has 0 saturated heterocycles. The Kier molecular flexibility index (Phi) is 7.81. The molecular formula is C24H26F3N3O3S. The minimum Gasteiger partial charge on any atom is -0.492 e. The number of carbonyl (C=O) groups is 1. The molecule has 0 radical (unpaired) electrons. The van der Waals surface area contributed by atoms with Crippen LogP contribution in [0.2, 0.25) is 0 Å². The molecule has 0 saturated carbocycles. The minimum absolute atomic E-state index is 0.205. The molecule has 0 atom stereocenters. The lowest BCUT2D eigenvalue weighted by atomic mass is 10.1. The lowest BCUT2D eigenvalue weighted by Gasteiger charge is -2.19. The van der Waals surface area contributed by atoms with E-state index in [-0.39, 0.29) is 13.2 Å². The van der Waals surface area contributed by atoms with Crippen molar-refractivity contribution in [3.8, 4) is 22.7 Å². The number of carbonyl (C=O) groups excluding carboxylic acids is 1. The quantitative estimate of drug-likeness (QED) is 0.314. The molecule has 6 nitrogen and oxygen atoms in total. The van der Waals surface area contributed by atoms with Gasteiger partial charge in [-0.15, -0.1) is 11.8 Å². The van der Waals surface area contributed by atoms with Gasteiger partial charge in [-0.2, -0.15) is 18.3 Å². The number of nitrogens with zero attached hydrogens (tertiary/aromatic N) is 2. The van der Waals surface area contributed by atoms with Crippen molar-refractivity contribution in [1.82, 2.24) is 15.1 Å². The number of alkyl halides is 3. The molecule has 3 aromatic rings. The maximum Gasteiger partial charge on any atom is 0.435 e. The molecule has 0 aliphatic carbocycles. The molecule has 34 heavy (non-hydrogen) atoms. The van der Waals surface area contributed by atoms with E-state index in [1.165, 1.54) is 4.68 Å². The molecule has 0 spiro atoms. The Labute approximate surface area is 200 Å². The molecule has 2 aromatic carbocycles. The van der Waals surface area contributed by atoms with Crippen LogP contribution in [0, 0.1) is 0 Å². The van der Waals surface area contributed by atoms with E-state index < -0.39 is 23.6 Å². The van der Waals surface area contributed by atoms with Gasteiger partial charge in [-0.05, 0) is 81.6 Å². The number of nitrogens with one attached hydrogen (secondary N) is 1. The van der Waals surface area contributed by atoms with Crippen LogP contribution in [0.1, 0.15) is 26.5 Å². The maximum absolute atomic E-state index is 13.4. The first-order valence-electron chi connectivity index (χ1n) is 10.5. The third-order valence-corrected chi connectivity index (χ3v) is 5.25. The van der Waals surface area contributed by atoms with Gasteiger partial charge in [-0.1, -0.05) is 0 Å². The second kappa shape index (κ2) is 10.4. The molecule has 1 N–H and O–H groups in total. The average Bonchev–Trinajstić information content (AvgIpc) is 3.22. The first kappa shape index (κ1) is 25.5. The van der Waals surface area contributed by atoms with E-state index in [1.54, 1.807) is 68.9 Å². The van der Waals surface area contributed by atoms with E-state index >= 15 is 0 Å². The van der Waals surface area contributed by atoms with E-state index in [0.29, 0.717) is 22.7 Å². The summed E-state index contributed by atoms with van der Waals surface area (Å²) < 4.78 is 52.2. The Hall–Kier alpha value is -3.14. The van der Waals surface area contributed by atoms with Crippen LogP contribution in [-0.2, 0) is 10.9 Å². The summed E-state index contributed by atoms with van der Waals surface area (Å²) in [7, 11) is 0. The summed E-state index contributed by atoms with van der Waals surface area (Å²) in [6.45, 7) is 5.76. The van der Waals surface area contributed by atoms with Gasteiger partial charge in [-0.25, -0.2) is 9.48 Å². The lowest BCUT2D eigenvalue weighted by Crippen LogP contribution is -2.34. The Morgan fingerprint density at radius 2 is 1.71 bits per heavy atom. The van der Waals surface area contributed by atoms with Gasteiger partial charge in [0.15, 0.2) is 5.69 Å². The number of ether oxygens (including phenoxy) is 2. The first-order valence-corrected chi connectivity index (χ1v) is 11.7. The number of benzene rings is 2. The van der Waals surface area contributed by atoms with Gasteiger partial charge in [-0.3, -0.25) is 0 Å². The zero-order chi connectivity index (χ0) is 24.9. The van der Waals surface area contributed by atoms with Crippen molar-refractivity contribution in [2.75, 3.05) is 19.4 Å². The van der Waals surface area contributed by atoms with Gasteiger partial charge in [0, 0.05) is 10.5 Å². The number of hydrogen-bond acceptors (Lipinski definition) is 5. The highest BCUT2D eigenvalue weighted by atomic mass is 32.2. The lowest BCUT2D eigenvalue weighted by molar-refractivity contribution is -0.141. The van der Waals surface area contributed by atoms with Crippen molar-refractivity contribution >= 4 is 17.9 Å². The smallest absolute Gasteiger partial charge is 0.435 e. The fourth-order valence-corrected chi connectivity index (χ4v) is 3.41. The van der Waals surface area contributed by atoms with Crippen molar-refractivity contribution in [3.05, 3.63) is 60.3 Å². The van der Waals surface area contributed by atoms with Crippen LogP contribution in [0.3, 0.4) is 0 Å². The molecule has 0 aliphatic heterocycles. The largest absolute Gasteiger partial charge is 0.492 e. The van der Waals surface area contributed by atoms with Crippen molar-refractivity contribution in [3.63, 3.8) is 0 Å². The normalized spacial score (nSPS) is 11.9. The third kappa shape index (κ3) is 6.93. The van der Waals surface area contributed by atoms with Crippen molar-refractivity contribution in [2.45, 2.75) is 37.4 Å². The summed E-state index contributed by atoms with van der Waals surface area (Å²) in [5, 5.41) is 6.40. The molecule has 182 valence electrons. The Morgan fingerprint density at radius 1 is 1.06 bits per heavy atom. The topological polar surface area (TPSA) is 65.4 Å².